The molecule has 6 atom stereocenters. The van der Waals surface area contributed by atoms with Gasteiger partial charge in [0.2, 0.25) is 0 Å². The van der Waals surface area contributed by atoms with E-state index in [4.69, 9.17) is 35.9 Å². The molecule has 3 heterocycles. The average Bonchev–Trinajstić information content (AvgIpc) is 3.39. The Hall–Kier alpha value is -2.73. The van der Waals surface area contributed by atoms with Crippen LogP contribution >= 0.6 is 19.2 Å². The van der Waals surface area contributed by atoms with Gasteiger partial charge in [-0.3, -0.25) is 13.7 Å². The van der Waals surface area contributed by atoms with Gasteiger partial charge in [-0.2, -0.15) is 0 Å². The molecule has 4 rings (SSSR count). The number of halogens is 1. The van der Waals surface area contributed by atoms with Gasteiger partial charge in [-0.15, -0.1) is 10.2 Å². The van der Waals surface area contributed by atoms with Crippen LogP contribution in [0.5, 0.6) is 5.75 Å². The molecule has 14 heteroatoms. The van der Waals surface area contributed by atoms with Crippen LogP contribution in [0.3, 0.4) is 0 Å². The highest BCUT2D eigenvalue weighted by molar-refractivity contribution is 7.54. The molecule has 1 saturated heterocycles. The van der Waals surface area contributed by atoms with Gasteiger partial charge >= 0.3 is 13.6 Å². The lowest BCUT2D eigenvalue weighted by Crippen LogP contribution is -2.51. The lowest BCUT2D eigenvalue weighted by molar-refractivity contribution is -0.151. The van der Waals surface area contributed by atoms with Crippen molar-refractivity contribution in [2.45, 2.75) is 64.1 Å². The topological polar surface area (TPSA) is 168 Å². The number of esters is 1. The van der Waals surface area contributed by atoms with Crippen LogP contribution in [0.25, 0.3) is 5.52 Å². The third kappa shape index (κ3) is 5.83. The molecule has 0 bridgehead atoms. The van der Waals surface area contributed by atoms with Crippen molar-refractivity contribution in [3.63, 3.8) is 0 Å². The van der Waals surface area contributed by atoms with E-state index in [9.17, 15) is 19.6 Å². The van der Waals surface area contributed by atoms with Gasteiger partial charge in [0, 0.05) is 5.02 Å². The molecule has 0 spiro atoms. The van der Waals surface area contributed by atoms with Gasteiger partial charge in [0.25, 0.3) is 0 Å². The SMILES string of the molecule is CC(C)OC(=O)[C@H](C)CP(=O)(OC[C@H]1O[C@@](C)(c2ccc3c(N)nncn23)[C@](C)(O)[C@@H]1O)Oc1ccc(Cl)cc1. The molecule has 1 aliphatic heterocycles. The van der Waals surface area contributed by atoms with Gasteiger partial charge in [-0.05, 0) is 64.1 Å². The Morgan fingerprint density at radius 1 is 1.23 bits per heavy atom. The Bertz CT molecular complexity index is 1420. The number of aliphatic hydroxyl groups excluding tert-OH is 1. The van der Waals surface area contributed by atoms with Gasteiger partial charge in [0.15, 0.2) is 5.82 Å². The van der Waals surface area contributed by atoms with Gasteiger partial charge in [0.05, 0.1) is 36.0 Å². The molecule has 0 saturated carbocycles. The van der Waals surface area contributed by atoms with Crippen molar-refractivity contribution < 1.29 is 38.1 Å². The molecule has 1 fully saturated rings. The first-order chi connectivity index (χ1) is 18.7. The number of carbonyl (C=O) groups excluding carboxylic acids is 1. The summed E-state index contributed by atoms with van der Waals surface area (Å²) in [6.07, 6.45) is -1.83. The molecule has 218 valence electrons. The Labute approximate surface area is 236 Å². The second-order valence-corrected chi connectivity index (χ2v) is 13.0. The molecule has 0 aliphatic carbocycles. The number of hydrogen-bond acceptors (Lipinski definition) is 11. The maximum atomic E-state index is 14.0. The zero-order valence-electron chi connectivity index (χ0n) is 22.9. The highest BCUT2D eigenvalue weighted by atomic mass is 35.5. The summed E-state index contributed by atoms with van der Waals surface area (Å²) >= 11 is 5.96. The summed E-state index contributed by atoms with van der Waals surface area (Å²) in [5, 5.41) is 30.7. The van der Waals surface area contributed by atoms with Crippen molar-refractivity contribution in [1.29, 1.82) is 0 Å². The molecule has 40 heavy (non-hydrogen) atoms. The van der Waals surface area contributed by atoms with E-state index in [1.165, 1.54) is 25.4 Å². The van der Waals surface area contributed by atoms with Gasteiger partial charge < -0.3 is 29.9 Å². The number of benzene rings is 1. The number of aromatic nitrogens is 3. The highest BCUT2D eigenvalue weighted by Gasteiger charge is 2.62. The van der Waals surface area contributed by atoms with Gasteiger partial charge in [-0.25, -0.2) is 4.57 Å². The van der Waals surface area contributed by atoms with E-state index in [1.807, 2.05) is 0 Å². The van der Waals surface area contributed by atoms with E-state index < -0.39 is 49.5 Å². The molecule has 3 aromatic rings. The maximum Gasteiger partial charge on any atom is 0.380 e. The first-order valence-corrected chi connectivity index (χ1v) is 14.8. The summed E-state index contributed by atoms with van der Waals surface area (Å²) in [7, 11) is -4.03. The minimum Gasteiger partial charge on any atom is -0.463 e. The smallest absolute Gasteiger partial charge is 0.380 e. The van der Waals surface area contributed by atoms with Gasteiger partial charge in [0.1, 0.15) is 35.5 Å². The monoisotopic (exact) mass is 596 g/mol. The Morgan fingerprint density at radius 2 is 1.90 bits per heavy atom. The summed E-state index contributed by atoms with van der Waals surface area (Å²) in [4.78, 5) is 12.5. The minimum atomic E-state index is -4.03. The fourth-order valence-electron chi connectivity index (χ4n) is 4.65. The van der Waals surface area contributed by atoms with Crippen molar-refractivity contribution in [2.24, 2.45) is 5.92 Å². The van der Waals surface area contributed by atoms with Crippen LogP contribution in [-0.2, 0) is 29.0 Å². The van der Waals surface area contributed by atoms with E-state index in [1.54, 1.807) is 56.4 Å². The van der Waals surface area contributed by atoms with Crippen LogP contribution in [0.1, 0.15) is 40.3 Å². The van der Waals surface area contributed by atoms with Crippen molar-refractivity contribution in [3.8, 4) is 5.75 Å². The lowest BCUT2D eigenvalue weighted by atomic mass is 9.81. The minimum absolute atomic E-state index is 0.181. The fraction of sp³-hybridized carbons (Fsp3) is 0.500. The second-order valence-electron chi connectivity index (χ2n) is 10.5. The standard InChI is InChI=1S/C26H34ClN4O8P/c1-15(2)37-24(33)16(3)13-40(35,39-18-8-6-17(27)7-9-18)36-12-20-22(32)25(4,34)26(5,38-20)21-11-10-19-23(28)30-29-14-31(19)21/h6-11,14-16,20,22,32,34H,12-13H2,1-5H3,(H2,28,30)/t16-,20-,22-,25-,26+,40?/m1/s1. The Balaban J connectivity index is 1.58. The summed E-state index contributed by atoms with van der Waals surface area (Å²) in [5.74, 6) is -1.00. The van der Waals surface area contributed by atoms with Crippen LogP contribution in [0.2, 0.25) is 5.02 Å². The van der Waals surface area contributed by atoms with Crippen LogP contribution < -0.4 is 10.3 Å². The second kappa shape index (κ2) is 11.3. The van der Waals surface area contributed by atoms with Crippen LogP contribution in [-0.4, -0.2) is 67.5 Å². The van der Waals surface area contributed by atoms with E-state index in [0.717, 1.165) is 0 Å². The van der Waals surface area contributed by atoms with Crippen LogP contribution in [0, 0.1) is 5.92 Å². The summed E-state index contributed by atoms with van der Waals surface area (Å²) in [5.41, 5.74) is 3.66. The molecular weight excluding hydrogens is 563 g/mol. The lowest BCUT2D eigenvalue weighted by Gasteiger charge is -2.36. The number of ether oxygens (including phenoxy) is 2. The number of hydrogen-bond donors (Lipinski definition) is 3. The van der Waals surface area contributed by atoms with Crippen molar-refractivity contribution in [3.05, 3.63) is 53.4 Å². The third-order valence-electron chi connectivity index (χ3n) is 7.03. The first kappa shape index (κ1) is 30.2. The number of nitrogens with zero attached hydrogens (tertiary/aromatic N) is 3. The summed E-state index contributed by atoms with van der Waals surface area (Å²) < 4.78 is 38.6. The number of nitrogens with two attached hydrogens (primary N) is 1. The molecule has 12 nitrogen and oxygen atoms in total. The summed E-state index contributed by atoms with van der Waals surface area (Å²) in [6, 6.07) is 9.55. The van der Waals surface area contributed by atoms with Crippen LogP contribution in [0.15, 0.2) is 42.7 Å². The number of fused-ring (bicyclic) bond motifs is 1. The molecular formula is C26H34ClN4O8P. The molecule has 4 N–H and O–H groups in total. The van der Waals surface area contributed by atoms with Crippen LogP contribution in [0.4, 0.5) is 5.82 Å². The Morgan fingerprint density at radius 3 is 2.55 bits per heavy atom. The molecule has 1 aliphatic rings. The fourth-order valence-corrected chi connectivity index (χ4v) is 6.65. The molecule has 0 radical (unpaired) electrons. The third-order valence-corrected chi connectivity index (χ3v) is 9.31. The summed E-state index contributed by atoms with van der Waals surface area (Å²) in [6.45, 7) is 7.60. The largest absolute Gasteiger partial charge is 0.463 e. The van der Waals surface area contributed by atoms with E-state index >= 15 is 0 Å². The molecule has 1 aromatic carbocycles. The van der Waals surface area contributed by atoms with E-state index in [2.05, 4.69) is 10.2 Å². The zero-order chi connectivity index (χ0) is 29.5. The quantitative estimate of drug-likeness (QED) is 0.231. The van der Waals surface area contributed by atoms with E-state index in [-0.39, 0.29) is 23.8 Å². The van der Waals surface area contributed by atoms with Gasteiger partial charge in [-0.1, -0.05) is 18.5 Å². The van der Waals surface area contributed by atoms with Crippen molar-refractivity contribution in [1.82, 2.24) is 14.6 Å². The number of aliphatic hydroxyl groups is 2. The maximum absolute atomic E-state index is 14.0. The molecule has 2 aromatic heterocycles. The Kier molecular flexibility index (Phi) is 8.52. The number of rotatable bonds is 10. The predicted octanol–water partition coefficient (Wildman–Crippen LogP) is 3.57. The van der Waals surface area contributed by atoms with Crippen molar-refractivity contribution in [2.75, 3.05) is 18.5 Å². The normalized spacial score (nSPS) is 27.0. The average molecular weight is 597 g/mol. The first-order valence-electron chi connectivity index (χ1n) is 12.7. The highest BCUT2D eigenvalue weighted by Crippen LogP contribution is 2.53. The molecule has 0 amide bonds. The van der Waals surface area contributed by atoms with Crippen molar-refractivity contribution >= 4 is 36.5 Å². The zero-order valence-corrected chi connectivity index (χ0v) is 24.5. The molecule has 1 unspecified atom stereocenters. The predicted molar refractivity (Wildman–Crippen MR) is 147 cm³/mol. The number of carbonyl (C=O) groups is 1. The van der Waals surface area contributed by atoms with E-state index in [0.29, 0.717) is 16.2 Å². The number of anilines is 1. The number of nitrogen functional groups attached to an aromatic ring is 1.